The van der Waals surface area contributed by atoms with E-state index in [1.165, 1.54) is 52.1 Å². The molecule has 2 saturated heterocycles. The van der Waals surface area contributed by atoms with Gasteiger partial charge in [-0.2, -0.15) is 0 Å². The van der Waals surface area contributed by atoms with Crippen LogP contribution in [0.25, 0.3) is 0 Å². The molecule has 2 aliphatic rings. The average molecular weight is 183 g/mol. The SMILES string of the molecule is CC1(N2CCNCC2)CCNCC1. The second kappa shape index (κ2) is 3.95. The number of nitrogens with zero attached hydrogens (tertiary/aromatic N) is 1. The first-order valence-electron chi connectivity index (χ1n) is 5.48. The van der Waals surface area contributed by atoms with Crippen molar-refractivity contribution in [3.63, 3.8) is 0 Å². The lowest BCUT2D eigenvalue weighted by Gasteiger charge is -2.46. The number of nitrogens with one attached hydrogen (secondary N) is 2. The van der Waals surface area contributed by atoms with Gasteiger partial charge in [0.25, 0.3) is 0 Å². The summed E-state index contributed by atoms with van der Waals surface area (Å²) in [6.07, 6.45) is 2.62. The summed E-state index contributed by atoms with van der Waals surface area (Å²) in [5.41, 5.74) is 0.480. The van der Waals surface area contributed by atoms with Crippen molar-refractivity contribution in [2.45, 2.75) is 25.3 Å². The van der Waals surface area contributed by atoms with Crippen molar-refractivity contribution >= 4 is 0 Å². The molecule has 2 heterocycles. The van der Waals surface area contributed by atoms with E-state index in [2.05, 4.69) is 22.5 Å². The summed E-state index contributed by atoms with van der Waals surface area (Å²) in [4.78, 5) is 2.67. The Bertz CT molecular complexity index is 158. The van der Waals surface area contributed by atoms with Crippen LogP contribution in [0.3, 0.4) is 0 Å². The van der Waals surface area contributed by atoms with Crippen molar-refractivity contribution in [3.05, 3.63) is 0 Å². The normalized spacial score (nSPS) is 30.2. The first-order valence-corrected chi connectivity index (χ1v) is 5.48. The molecular formula is C10H21N3. The first kappa shape index (κ1) is 9.44. The zero-order valence-electron chi connectivity index (χ0n) is 8.60. The van der Waals surface area contributed by atoms with Crippen LogP contribution >= 0.6 is 0 Å². The van der Waals surface area contributed by atoms with Gasteiger partial charge in [0.15, 0.2) is 0 Å². The second-order valence-electron chi connectivity index (χ2n) is 4.48. The van der Waals surface area contributed by atoms with Crippen LogP contribution in [0.4, 0.5) is 0 Å². The zero-order chi connectivity index (χ0) is 9.15. The van der Waals surface area contributed by atoms with E-state index in [0.29, 0.717) is 5.54 Å². The quantitative estimate of drug-likeness (QED) is 0.601. The Balaban J connectivity index is 1.94. The van der Waals surface area contributed by atoms with Crippen LogP contribution < -0.4 is 10.6 Å². The lowest BCUT2D eigenvalue weighted by atomic mass is 9.88. The Morgan fingerprint density at radius 1 is 0.923 bits per heavy atom. The smallest absolute Gasteiger partial charge is 0.0206 e. The van der Waals surface area contributed by atoms with Gasteiger partial charge in [-0.1, -0.05) is 0 Å². The summed E-state index contributed by atoms with van der Waals surface area (Å²) < 4.78 is 0. The summed E-state index contributed by atoms with van der Waals surface area (Å²) in [5, 5.41) is 6.85. The van der Waals surface area contributed by atoms with E-state index in [-0.39, 0.29) is 0 Å². The molecular weight excluding hydrogens is 162 g/mol. The van der Waals surface area contributed by atoms with Gasteiger partial charge in [-0.25, -0.2) is 0 Å². The zero-order valence-corrected chi connectivity index (χ0v) is 8.60. The number of rotatable bonds is 1. The Labute approximate surface area is 80.9 Å². The summed E-state index contributed by atoms with van der Waals surface area (Å²) in [6.45, 7) is 9.62. The highest BCUT2D eigenvalue weighted by atomic mass is 15.2. The predicted octanol–water partition coefficient (Wildman–Crippen LogP) is 0.0337. The molecule has 0 amide bonds. The van der Waals surface area contributed by atoms with Crippen LogP contribution in [-0.2, 0) is 0 Å². The molecule has 0 aliphatic carbocycles. The van der Waals surface area contributed by atoms with Gasteiger partial charge >= 0.3 is 0 Å². The van der Waals surface area contributed by atoms with E-state index in [1.54, 1.807) is 0 Å². The van der Waals surface area contributed by atoms with Gasteiger partial charge in [0, 0.05) is 31.7 Å². The van der Waals surface area contributed by atoms with Crippen molar-refractivity contribution in [1.82, 2.24) is 15.5 Å². The number of piperidine rings is 1. The molecule has 3 heteroatoms. The van der Waals surface area contributed by atoms with Crippen LogP contribution in [-0.4, -0.2) is 49.7 Å². The molecule has 13 heavy (non-hydrogen) atoms. The lowest BCUT2D eigenvalue weighted by Crippen LogP contribution is -2.58. The maximum atomic E-state index is 3.44. The first-order chi connectivity index (χ1) is 6.31. The molecule has 0 radical (unpaired) electrons. The number of hydrogen-bond donors (Lipinski definition) is 2. The molecule has 2 aliphatic heterocycles. The lowest BCUT2D eigenvalue weighted by molar-refractivity contribution is 0.0605. The van der Waals surface area contributed by atoms with Crippen molar-refractivity contribution in [1.29, 1.82) is 0 Å². The maximum absolute atomic E-state index is 3.44. The molecule has 3 nitrogen and oxygen atoms in total. The fourth-order valence-corrected chi connectivity index (χ4v) is 2.49. The van der Waals surface area contributed by atoms with Gasteiger partial charge in [0.05, 0.1) is 0 Å². The molecule has 2 N–H and O–H groups in total. The average Bonchev–Trinajstić information content (AvgIpc) is 2.20. The molecule has 2 fully saturated rings. The Morgan fingerprint density at radius 2 is 1.46 bits per heavy atom. The fraction of sp³-hybridized carbons (Fsp3) is 1.00. The molecule has 0 atom stereocenters. The minimum atomic E-state index is 0.480. The van der Waals surface area contributed by atoms with Crippen molar-refractivity contribution in [2.75, 3.05) is 39.3 Å². The van der Waals surface area contributed by atoms with Crippen LogP contribution in [0.2, 0.25) is 0 Å². The molecule has 2 rings (SSSR count). The van der Waals surface area contributed by atoms with Gasteiger partial charge in [0.1, 0.15) is 0 Å². The topological polar surface area (TPSA) is 27.3 Å². The maximum Gasteiger partial charge on any atom is 0.0206 e. The largest absolute Gasteiger partial charge is 0.317 e. The highest BCUT2D eigenvalue weighted by Crippen LogP contribution is 2.25. The van der Waals surface area contributed by atoms with Gasteiger partial charge in [0.2, 0.25) is 0 Å². The van der Waals surface area contributed by atoms with Gasteiger partial charge < -0.3 is 10.6 Å². The number of hydrogen-bond acceptors (Lipinski definition) is 3. The summed E-state index contributed by atoms with van der Waals surface area (Å²) >= 11 is 0. The summed E-state index contributed by atoms with van der Waals surface area (Å²) in [7, 11) is 0. The third-order valence-electron chi connectivity index (χ3n) is 3.56. The number of piperazine rings is 1. The van der Waals surface area contributed by atoms with Crippen LogP contribution in [0.15, 0.2) is 0 Å². The molecule has 0 bridgehead atoms. The van der Waals surface area contributed by atoms with E-state index in [9.17, 15) is 0 Å². The van der Waals surface area contributed by atoms with E-state index >= 15 is 0 Å². The minimum absolute atomic E-state index is 0.480. The standard InChI is InChI=1S/C10H21N3/c1-10(2-4-11-5-3-10)13-8-6-12-7-9-13/h11-12H,2-9H2,1H3. The molecule has 0 aromatic heterocycles. The van der Waals surface area contributed by atoms with Crippen LogP contribution in [0, 0.1) is 0 Å². The predicted molar refractivity (Wildman–Crippen MR) is 55.0 cm³/mol. The third kappa shape index (κ3) is 2.03. The third-order valence-corrected chi connectivity index (χ3v) is 3.56. The van der Waals surface area contributed by atoms with Crippen LogP contribution in [0.1, 0.15) is 19.8 Å². The van der Waals surface area contributed by atoms with Crippen molar-refractivity contribution < 1.29 is 0 Å². The minimum Gasteiger partial charge on any atom is -0.317 e. The van der Waals surface area contributed by atoms with Gasteiger partial charge in [-0.3, -0.25) is 4.90 Å². The van der Waals surface area contributed by atoms with Crippen molar-refractivity contribution in [2.24, 2.45) is 0 Å². The van der Waals surface area contributed by atoms with E-state index < -0.39 is 0 Å². The molecule has 0 saturated carbocycles. The van der Waals surface area contributed by atoms with E-state index in [4.69, 9.17) is 0 Å². The second-order valence-corrected chi connectivity index (χ2v) is 4.48. The van der Waals surface area contributed by atoms with Gasteiger partial charge in [-0.15, -0.1) is 0 Å². The monoisotopic (exact) mass is 183 g/mol. The molecule has 0 unspecified atom stereocenters. The van der Waals surface area contributed by atoms with E-state index in [0.717, 1.165) is 0 Å². The Morgan fingerprint density at radius 3 is 2.08 bits per heavy atom. The molecule has 0 aromatic rings. The molecule has 0 aromatic carbocycles. The Kier molecular flexibility index (Phi) is 2.86. The highest BCUT2D eigenvalue weighted by Gasteiger charge is 2.33. The van der Waals surface area contributed by atoms with Crippen LogP contribution in [0.5, 0.6) is 0 Å². The fourth-order valence-electron chi connectivity index (χ4n) is 2.49. The Hall–Kier alpha value is -0.120. The molecule has 0 spiro atoms. The van der Waals surface area contributed by atoms with E-state index in [1.807, 2.05) is 0 Å². The summed E-state index contributed by atoms with van der Waals surface area (Å²) in [5.74, 6) is 0. The van der Waals surface area contributed by atoms with Crippen molar-refractivity contribution in [3.8, 4) is 0 Å². The molecule has 76 valence electrons. The highest BCUT2D eigenvalue weighted by molar-refractivity contribution is 4.92. The summed E-state index contributed by atoms with van der Waals surface area (Å²) in [6, 6.07) is 0. The van der Waals surface area contributed by atoms with Gasteiger partial charge in [-0.05, 0) is 32.9 Å².